The number of rotatable bonds is 1. The van der Waals surface area contributed by atoms with Crippen molar-refractivity contribution in [3.63, 3.8) is 0 Å². The van der Waals surface area contributed by atoms with Crippen LogP contribution in [0, 0.1) is 34.5 Å². The second-order valence-electron chi connectivity index (χ2n) is 10.1. The van der Waals surface area contributed by atoms with Crippen LogP contribution in [0.1, 0.15) is 72.1 Å². The van der Waals surface area contributed by atoms with Gasteiger partial charge in [-0.15, -0.1) is 0 Å². The van der Waals surface area contributed by atoms with Gasteiger partial charge < -0.3 is 15.3 Å². The molecule has 9 atom stereocenters. The molecule has 0 spiro atoms. The normalized spacial score (nSPS) is 58.2. The fraction of sp³-hybridized carbons (Fsp3) is 0.952. The van der Waals surface area contributed by atoms with Gasteiger partial charge >= 0.3 is 0 Å². The Kier molecular flexibility index (Phi) is 3.97. The molecule has 4 saturated carbocycles. The van der Waals surface area contributed by atoms with E-state index in [-0.39, 0.29) is 23.2 Å². The zero-order valence-corrected chi connectivity index (χ0v) is 15.9. The molecule has 4 aliphatic rings. The smallest absolute Gasteiger partial charge is 0.161 e. The van der Waals surface area contributed by atoms with Crippen molar-refractivity contribution in [3.8, 4) is 0 Å². The van der Waals surface area contributed by atoms with E-state index < -0.39 is 17.1 Å². The Labute approximate surface area is 151 Å². The second kappa shape index (κ2) is 5.53. The molecule has 4 aliphatic carbocycles. The molecule has 4 rings (SSSR count). The maximum atomic E-state index is 12.3. The van der Waals surface area contributed by atoms with E-state index in [4.69, 9.17) is 0 Å². The summed E-state index contributed by atoms with van der Waals surface area (Å²) >= 11 is 0. The average molecular weight is 350 g/mol. The number of carbonyl (C=O) groups excluding carboxylic acids is 1. The van der Waals surface area contributed by atoms with E-state index in [0.717, 1.165) is 38.5 Å². The molecule has 0 aromatic heterocycles. The van der Waals surface area contributed by atoms with E-state index in [1.807, 2.05) is 6.92 Å². The highest BCUT2D eigenvalue weighted by Crippen LogP contribution is 2.68. The first-order chi connectivity index (χ1) is 11.6. The molecule has 0 bridgehead atoms. The molecule has 142 valence electrons. The van der Waals surface area contributed by atoms with Gasteiger partial charge in [-0.25, -0.2) is 0 Å². The molecule has 3 N–H and O–H groups in total. The summed E-state index contributed by atoms with van der Waals surface area (Å²) in [5, 5.41) is 32.5. The van der Waals surface area contributed by atoms with Crippen molar-refractivity contribution < 1.29 is 20.1 Å². The standard InChI is InChI=1S/C21H34O4/c1-12(22)21(25)9-7-16-15-5-4-13-10-14(23)6-8-19(13,2)18(15)17(24)11-20(16,21)3/h13-18,23-25H,4-11H2,1-3H3/t13-,14-,15-,16-,17+,18+,19-,20-,21+/m0/s1. The summed E-state index contributed by atoms with van der Waals surface area (Å²) in [5.41, 5.74) is -1.69. The van der Waals surface area contributed by atoms with E-state index >= 15 is 0 Å². The van der Waals surface area contributed by atoms with Crippen LogP contribution < -0.4 is 0 Å². The lowest BCUT2D eigenvalue weighted by Gasteiger charge is -2.62. The highest BCUT2D eigenvalue weighted by Gasteiger charge is 2.68. The van der Waals surface area contributed by atoms with Crippen LogP contribution in [0.3, 0.4) is 0 Å². The van der Waals surface area contributed by atoms with Crippen molar-refractivity contribution in [1.29, 1.82) is 0 Å². The minimum atomic E-state index is -1.27. The number of hydrogen-bond acceptors (Lipinski definition) is 4. The molecule has 4 heteroatoms. The molecule has 0 aromatic rings. The fourth-order valence-corrected chi connectivity index (χ4v) is 7.94. The van der Waals surface area contributed by atoms with Gasteiger partial charge in [0.15, 0.2) is 5.78 Å². The van der Waals surface area contributed by atoms with Crippen LogP contribution in [0.2, 0.25) is 0 Å². The predicted molar refractivity (Wildman–Crippen MR) is 94.8 cm³/mol. The average Bonchev–Trinajstić information content (AvgIpc) is 2.80. The van der Waals surface area contributed by atoms with Crippen molar-refractivity contribution in [3.05, 3.63) is 0 Å². The molecule has 25 heavy (non-hydrogen) atoms. The molecular formula is C21H34O4. The van der Waals surface area contributed by atoms with E-state index in [0.29, 0.717) is 30.6 Å². The van der Waals surface area contributed by atoms with Crippen molar-refractivity contribution in [2.45, 2.75) is 89.9 Å². The van der Waals surface area contributed by atoms with Crippen molar-refractivity contribution >= 4 is 5.78 Å². The van der Waals surface area contributed by atoms with Crippen LogP contribution in [0.25, 0.3) is 0 Å². The first kappa shape index (κ1) is 17.9. The zero-order chi connectivity index (χ0) is 18.2. The quantitative estimate of drug-likeness (QED) is 0.679. The topological polar surface area (TPSA) is 77.8 Å². The van der Waals surface area contributed by atoms with Gasteiger partial charge in [0, 0.05) is 5.41 Å². The van der Waals surface area contributed by atoms with Crippen LogP contribution in [0.5, 0.6) is 0 Å². The Morgan fingerprint density at radius 3 is 2.44 bits per heavy atom. The lowest BCUT2D eigenvalue weighted by atomic mass is 9.43. The molecule has 0 heterocycles. The number of ketones is 1. The molecular weight excluding hydrogens is 316 g/mol. The first-order valence-corrected chi connectivity index (χ1v) is 10.2. The molecule has 4 fully saturated rings. The minimum Gasteiger partial charge on any atom is -0.393 e. The Morgan fingerprint density at radius 1 is 1.04 bits per heavy atom. The largest absolute Gasteiger partial charge is 0.393 e. The van der Waals surface area contributed by atoms with Crippen LogP contribution in [-0.2, 0) is 4.79 Å². The van der Waals surface area contributed by atoms with E-state index in [9.17, 15) is 20.1 Å². The Morgan fingerprint density at radius 2 is 1.76 bits per heavy atom. The minimum absolute atomic E-state index is 0.0832. The molecule has 4 nitrogen and oxygen atoms in total. The maximum Gasteiger partial charge on any atom is 0.161 e. The highest BCUT2D eigenvalue weighted by molar-refractivity contribution is 5.86. The predicted octanol–water partition coefficient (Wildman–Crippen LogP) is 2.68. The second-order valence-corrected chi connectivity index (χ2v) is 10.1. The summed E-state index contributed by atoms with van der Waals surface area (Å²) in [6.07, 6.45) is 6.16. The number of aliphatic hydroxyl groups is 3. The van der Waals surface area contributed by atoms with Gasteiger partial charge in [-0.3, -0.25) is 4.79 Å². The van der Waals surface area contributed by atoms with Gasteiger partial charge in [0.05, 0.1) is 12.2 Å². The van der Waals surface area contributed by atoms with Gasteiger partial charge in [0.2, 0.25) is 0 Å². The van der Waals surface area contributed by atoms with Gasteiger partial charge in [-0.05, 0) is 87.4 Å². The number of carbonyl (C=O) groups is 1. The fourth-order valence-electron chi connectivity index (χ4n) is 7.94. The van der Waals surface area contributed by atoms with Crippen LogP contribution >= 0.6 is 0 Å². The third kappa shape index (κ3) is 2.20. The van der Waals surface area contributed by atoms with Crippen LogP contribution in [0.4, 0.5) is 0 Å². The first-order valence-electron chi connectivity index (χ1n) is 10.2. The summed E-state index contributed by atoms with van der Waals surface area (Å²) in [6.45, 7) is 5.88. The van der Waals surface area contributed by atoms with Gasteiger partial charge in [0.25, 0.3) is 0 Å². The summed E-state index contributed by atoms with van der Waals surface area (Å²) in [5.74, 6) is 1.30. The van der Waals surface area contributed by atoms with Crippen molar-refractivity contribution in [2.24, 2.45) is 34.5 Å². The van der Waals surface area contributed by atoms with Gasteiger partial charge in [-0.2, -0.15) is 0 Å². The van der Waals surface area contributed by atoms with Crippen molar-refractivity contribution in [2.75, 3.05) is 0 Å². The van der Waals surface area contributed by atoms with E-state index in [1.165, 1.54) is 6.92 Å². The summed E-state index contributed by atoms with van der Waals surface area (Å²) in [7, 11) is 0. The number of fused-ring (bicyclic) bond motifs is 5. The van der Waals surface area contributed by atoms with E-state index in [2.05, 4.69) is 6.92 Å². The Hall–Kier alpha value is -0.450. The molecule has 0 unspecified atom stereocenters. The molecule has 0 aliphatic heterocycles. The van der Waals surface area contributed by atoms with Gasteiger partial charge in [0.1, 0.15) is 5.60 Å². The van der Waals surface area contributed by atoms with Gasteiger partial charge in [-0.1, -0.05) is 13.8 Å². The number of aliphatic hydroxyl groups excluding tert-OH is 2. The SMILES string of the molecule is CC(=O)[C@]1(O)CC[C@H]2[C@@H]3CC[C@H]4C[C@@H](O)CC[C@]4(C)[C@H]3[C@H](O)C[C@@]21C. The zero-order valence-electron chi connectivity index (χ0n) is 15.9. The van der Waals surface area contributed by atoms with E-state index in [1.54, 1.807) is 0 Å². The third-order valence-electron chi connectivity index (χ3n) is 9.30. The maximum absolute atomic E-state index is 12.3. The van der Waals surface area contributed by atoms with Crippen LogP contribution in [0.15, 0.2) is 0 Å². The lowest BCUT2D eigenvalue weighted by Crippen LogP contribution is -2.62. The summed E-state index contributed by atoms with van der Waals surface area (Å²) in [6, 6.07) is 0. The molecule has 0 amide bonds. The molecule has 0 radical (unpaired) electrons. The number of hydrogen-bond donors (Lipinski definition) is 3. The molecule has 0 aromatic carbocycles. The highest BCUT2D eigenvalue weighted by atomic mass is 16.3. The monoisotopic (exact) mass is 350 g/mol. The summed E-state index contributed by atoms with van der Waals surface area (Å²) in [4.78, 5) is 12.3. The van der Waals surface area contributed by atoms with Crippen LogP contribution in [-0.4, -0.2) is 38.9 Å². The number of Topliss-reactive ketones (excluding diaryl/α,β-unsaturated/α-hetero) is 1. The Bertz CT molecular complexity index is 576. The van der Waals surface area contributed by atoms with Crippen molar-refractivity contribution in [1.82, 2.24) is 0 Å². The summed E-state index contributed by atoms with van der Waals surface area (Å²) < 4.78 is 0. The third-order valence-corrected chi connectivity index (χ3v) is 9.30. The Balaban J connectivity index is 1.70. The lowest BCUT2D eigenvalue weighted by molar-refractivity contribution is -0.201. The molecule has 0 saturated heterocycles.